The number of aryl methyl sites for hydroxylation is 1. The number of hydroxylamine groups is 1. The number of nitrogens with one attached hydrogen (secondary N) is 1. The molecule has 1 saturated carbocycles. The molecular formula is C21H25BrN2O3S. The van der Waals surface area contributed by atoms with Gasteiger partial charge in [-0.05, 0) is 56.2 Å². The Kier molecular flexibility index (Phi) is 6.58. The van der Waals surface area contributed by atoms with E-state index >= 15 is 0 Å². The van der Waals surface area contributed by atoms with Crippen LogP contribution in [0.4, 0.5) is 0 Å². The third kappa shape index (κ3) is 4.82. The molecule has 0 radical (unpaired) electrons. The molecule has 28 heavy (non-hydrogen) atoms. The van der Waals surface area contributed by atoms with Gasteiger partial charge in [-0.2, -0.15) is 0 Å². The summed E-state index contributed by atoms with van der Waals surface area (Å²) in [7, 11) is -3.67. The molecule has 2 aromatic rings. The Morgan fingerprint density at radius 1 is 1.07 bits per heavy atom. The fourth-order valence-electron chi connectivity index (χ4n) is 3.58. The van der Waals surface area contributed by atoms with Crippen molar-refractivity contribution >= 4 is 31.7 Å². The first-order valence-corrected chi connectivity index (χ1v) is 11.7. The van der Waals surface area contributed by atoms with Crippen LogP contribution in [0.1, 0.15) is 43.7 Å². The summed E-state index contributed by atoms with van der Waals surface area (Å²) >= 11 is 3.40. The molecule has 0 saturated heterocycles. The molecule has 0 bridgehead atoms. The van der Waals surface area contributed by atoms with Crippen LogP contribution in [-0.4, -0.2) is 31.0 Å². The van der Waals surface area contributed by atoms with Gasteiger partial charge < -0.3 is 5.21 Å². The molecule has 1 aliphatic carbocycles. The lowest BCUT2D eigenvalue weighted by molar-refractivity contribution is -0.509. The van der Waals surface area contributed by atoms with E-state index in [1.54, 1.807) is 31.2 Å². The molecule has 2 aromatic carbocycles. The van der Waals surface area contributed by atoms with Crippen molar-refractivity contribution in [3.63, 3.8) is 0 Å². The van der Waals surface area contributed by atoms with Gasteiger partial charge in [0.05, 0.1) is 10.9 Å². The maximum absolute atomic E-state index is 13.1. The first kappa shape index (κ1) is 21.0. The van der Waals surface area contributed by atoms with Gasteiger partial charge in [0.15, 0.2) is 11.8 Å². The summed E-state index contributed by atoms with van der Waals surface area (Å²) in [4.78, 5) is 0.230. The molecule has 2 atom stereocenters. The van der Waals surface area contributed by atoms with Crippen molar-refractivity contribution in [3.05, 3.63) is 69.3 Å². The van der Waals surface area contributed by atoms with Crippen molar-refractivity contribution in [2.75, 3.05) is 0 Å². The van der Waals surface area contributed by atoms with E-state index in [1.807, 2.05) is 31.2 Å². The van der Waals surface area contributed by atoms with Gasteiger partial charge in [-0.1, -0.05) is 40.0 Å². The van der Waals surface area contributed by atoms with Crippen LogP contribution in [0.2, 0.25) is 0 Å². The molecule has 0 spiro atoms. The van der Waals surface area contributed by atoms with Gasteiger partial charge in [-0.15, -0.1) is 0 Å². The molecule has 0 heterocycles. The van der Waals surface area contributed by atoms with Crippen LogP contribution in [0.3, 0.4) is 0 Å². The molecule has 5 nitrogen and oxygen atoms in total. The molecule has 1 N–H and O–H groups in total. The van der Waals surface area contributed by atoms with Crippen LogP contribution in [0.5, 0.6) is 0 Å². The fourth-order valence-corrected chi connectivity index (χ4v) is 5.15. The van der Waals surface area contributed by atoms with Gasteiger partial charge in [0.25, 0.3) is 0 Å². The molecule has 3 rings (SSSR count). The van der Waals surface area contributed by atoms with E-state index < -0.39 is 22.1 Å². The highest BCUT2D eigenvalue weighted by Crippen LogP contribution is 2.24. The summed E-state index contributed by atoms with van der Waals surface area (Å²) in [6, 6.07) is 13.5. The minimum atomic E-state index is -3.67. The summed E-state index contributed by atoms with van der Waals surface area (Å²) in [5.74, 6) is 0. The first-order chi connectivity index (χ1) is 13.3. The van der Waals surface area contributed by atoms with Gasteiger partial charge >= 0.3 is 0 Å². The van der Waals surface area contributed by atoms with Crippen LogP contribution in [0.15, 0.2) is 57.9 Å². The Morgan fingerprint density at radius 2 is 1.68 bits per heavy atom. The van der Waals surface area contributed by atoms with Gasteiger partial charge in [0.2, 0.25) is 10.0 Å². The minimum absolute atomic E-state index is 0.230. The Morgan fingerprint density at radius 3 is 2.32 bits per heavy atom. The van der Waals surface area contributed by atoms with Crippen LogP contribution in [-0.2, 0) is 10.0 Å². The van der Waals surface area contributed by atoms with E-state index in [0.29, 0.717) is 18.6 Å². The van der Waals surface area contributed by atoms with E-state index in [1.165, 1.54) is 0 Å². The van der Waals surface area contributed by atoms with E-state index in [2.05, 4.69) is 20.7 Å². The molecule has 150 valence electrons. The normalized spacial score (nSPS) is 21.2. The number of rotatable bonds is 5. The smallest absolute Gasteiger partial charge is 0.241 e. The summed E-state index contributed by atoms with van der Waals surface area (Å²) in [6.07, 6.45) is 3.14. The maximum Gasteiger partial charge on any atom is 0.241 e. The Labute approximate surface area is 175 Å². The molecule has 0 aliphatic heterocycles. The maximum atomic E-state index is 13.1. The lowest BCUT2D eigenvalue weighted by atomic mass is 9.91. The third-order valence-electron chi connectivity index (χ3n) is 5.26. The third-order valence-corrected chi connectivity index (χ3v) is 7.30. The molecule has 0 unspecified atom stereocenters. The average Bonchev–Trinajstić information content (AvgIpc) is 2.68. The summed E-state index contributed by atoms with van der Waals surface area (Å²) in [5, 5.41) is 13.1. The van der Waals surface area contributed by atoms with E-state index in [0.717, 1.165) is 33.2 Å². The van der Waals surface area contributed by atoms with Gasteiger partial charge in [-0.3, -0.25) is 0 Å². The standard InChI is InChI=1S/C21H25BrN2O3S/c1-15-7-13-19(14-8-15)28(26,27)23-20-5-3-4-6-21(20)24(25)16(2)17-9-11-18(22)12-10-17/h7-14,20-21,23H,3-6H2,1-2H3/b24-16-/t20-,21-/m1/s1. The zero-order valence-corrected chi connectivity index (χ0v) is 18.5. The number of hydrogen-bond acceptors (Lipinski definition) is 3. The van der Waals surface area contributed by atoms with Crippen LogP contribution in [0, 0.1) is 12.1 Å². The van der Waals surface area contributed by atoms with Crippen molar-refractivity contribution < 1.29 is 13.2 Å². The molecule has 1 fully saturated rings. The van der Waals surface area contributed by atoms with Crippen LogP contribution in [0.25, 0.3) is 0 Å². The Hall–Kier alpha value is -1.70. The van der Waals surface area contributed by atoms with Crippen molar-refractivity contribution in [1.29, 1.82) is 0 Å². The minimum Gasteiger partial charge on any atom is -0.623 e. The second-order valence-electron chi connectivity index (χ2n) is 7.31. The topological polar surface area (TPSA) is 72.2 Å². The van der Waals surface area contributed by atoms with E-state index in [9.17, 15) is 13.6 Å². The second-order valence-corrected chi connectivity index (χ2v) is 9.94. The van der Waals surface area contributed by atoms with Crippen molar-refractivity contribution in [1.82, 2.24) is 4.72 Å². The van der Waals surface area contributed by atoms with Crippen molar-refractivity contribution in [2.45, 2.75) is 56.5 Å². The van der Waals surface area contributed by atoms with E-state index in [-0.39, 0.29) is 4.90 Å². The quantitative estimate of drug-likeness (QED) is 0.309. The number of sulfonamides is 1. The highest BCUT2D eigenvalue weighted by Gasteiger charge is 2.35. The second kappa shape index (κ2) is 8.76. The molecule has 0 amide bonds. The number of halogens is 1. The molecule has 0 aromatic heterocycles. The number of nitrogens with zero attached hydrogens (tertiary/aromatic N) is 1. The Balaban J connectivity index is 1.86. The number of benzene rings is 2. The van der Waals surface area contributed by atoms with Gasteiger partial charge in [0, 0.05) is 23.4 Å². The summed E-state index contributed by atoms with van der Waals surface area (Å²) < 4.78 is 30.4. The zero-order valence-electron chi connectivity index (χ0n) is 16.1. The predicted octanol–water partition coefficient (Wildman–Crippen LogP) is 4.37. The van der Waals surface area contributed by atoms with Crippen LogP contribution < -0.4 is 4.72 Å². The molecule has 1 aliphatic rings. The monoisotopic (exact) mass is 464 g/mol. The highest BCUT2D eigenvalue weighted by molar-refractivity contribution is 9.10. The largest absolute Gasteiger partial charge is 0.623 e. The lowest BCUT2D eigenvalue weighted by Crippen LogP contribution is -2.49. The highest BCUT2D eigenvalue weighted by atomic mass is 79.9. The molecule has 7 heteroatoms. The van der Waals surface area contributed by atoms with Gasteiger partial charge in [0.1, 0.15) is 0 Å². The lowest BCUT2D eigenvalue weighted by Gasteiger charge is -2.31. The number of hydrogen-bond donors (Lipinski definition) is 1. The summed E-state index contributed by atoms with van der Waals surface area (Å²) in [5.41, 5.74) is 2.43. The zero-order chi connectivity index (χ0) is 20.3. The van der Waals surface area contributed by atoms with Crippen LogP contribution >= 0.6 is 15.9 Å². The fraction of sp³-hybridized carbons (Fsp3) is 0.381. The van der Waals surface area contributed by atoms with E-state index in [4.69, 9.17) is 0 Å². The van der Waals surface area contributed by atoms with Crippen molar-refractivity contribution in [2.24, 2.45) is 0 Å². The van der Waals surface area contributed by atoms with Gasteiger partial charge in [-0.25, -0.2) is 17.9 Å². The average molecular weight is 465 g/mol. The summed E-state index contributed by atoms with van der Waals surface area (Å²) in [6.45, 7) is 3.70. The molecular weight excluding hydrogens is 440 g/mol. The SMILES string of the molecule is C/C(c1ccc(Br)cc1)=[N+](/[O-])[C@@H]1CCCC[C@H]1NS(=O)(=O)c1ccc(C)cc1. The predicted molar refractivity (Wildman–Crippen MR) is 115 cm³/mol. The Bertz CT molecular complexity index is 954. The first-order valence-electron chi connectivity index (χ1n) is 9.43. The van der Waals surface area contributed by atoms with Crippen molar-refractivity contribution in [3.8, 4) is 0 Å².